The summed E-state index contributed by atoms with van der Waals surface area (Å²) in [4.78, 5) is 50.0. The molecule has 0 fully saturated rings. The topological polar surface area (TPSA) is 92.8 Å². The van der Waals surface area contributed by atoms with E-state index in [4.69, 9.17) is 4.74 Å². The number of anilines is 1. The third-order valence-electron chi connectivity index (χ3n) is 4.60. The van der Waals surface area contributed by atoms with Gasteiger partial charge in [-0.25, -0.2) is 4.79 Å². The summed E-state index contributed by atoms with van der Waals surface area (Å²) in [6, 6.07) is 11.8. The van der Waals surface area contributed by atoms with Gasteiger partial charge >= 0.3 is 5.97 Å². The fourth-order valence-electron chi connectivity index (χ4n) is 3.20. The molecule has 0 radical (unpaired) electrons. The second kappa shape index (κ2) is 8.04. The van der Waals surface area contributed by atoms with Gasteiger partial charge in [0.2, 0.25) is 5.91 Å². The van der Waals surface area contributed by atoms with Crippen LogP contribution in [0.1, 0.15) is 49.5 Å². The Hall–Kier alpha value is -3.48. The lowest BCUT2D eigenvalue weighted by atomic mass is 10.1. The first-order chi connectivity index (χ1) is 13.4. The highest BCUT2D eigenvalue weighted by molar-refractivity contribution is 6.21. The quantitative estimate of drug-likeness (QED) is 0.614. The summed E-state index contributed by atoms with van der Waals surface area (Å²) >= 11 is 0. The summed E-state index contributed by atoms with van der Waals surface area (Å²) in [5.41, 5.74) is 2.14. The molecule has 2 aromatic rings. The minimum absolute atomic E-state index is 0.0992. The second-order valence-electron chi connectivity index (χ2n) is 6.45. The molecule has 1 aliphatic rings. The molecule has 0 bridgehead atoms. The van der Waals surface area contributed by atoms with E-state index in [1.807, 2.05) is 0 Å². The van der Waals surface area contributed by atoms with Crippen molar-refractivity contribution in [3.63, 3.8) is 0 Å². The van der Waals surface area contributed by atoms with E-state index >= 15 is 0 Å². The van der Waals surface area contributed by atoms with Crippen LogP contribution in [0.15, 0.2) is 42.5 Å². The maximum Gasteiger partial charge on any atom is 0.340 e. The number of carbonyl (C=O) groups excluding carboxylic acids is 4. The van der Waals surface area contributed by atoms with Crippen LogP contribution in [-0.4, -0.2) is 42.2 Å². The monoisotopic (exact) mass is 380 g/mol. The highest BCUT2D eigenvalue weighted by Crippen LogP contribution is 2.23. The summed E-state index contributed by atoms with van der Waals surface area (Å²) in [5, 5.41) is 2.70. The van der Waals surface area contributed by atoms with E-state index in [1.54, 1.807) is 49.4 Å². The van der Waals surface area contributed by atoms with Gasteiger partial charge in [0.25, 0.3) is 11.8 Å². The molecule has 7 nitrogen and oxygen atoms in total. The maximum atomic E-state index is 12.3. The van der Waals surface area contributed by atoms with Gasteiger partial charge in [0, 0.05) is 13.0 Å². The lowest BCUT2D eigenvalue weighted by Crippen LogP contribution is -2.31. The molecule has 1 N–H and O–H groups in total. The Labute approximate surface area is 162 Å². The number of carbonyl (C=O) groups is 4. The Bertz CT molecular complexity index is 932. The molecule has 3 rings (SSSR count). The second-order valence-corrected chi connectivity index (χ2v) is 6.45. The van der Waals surface area contributed by atoms with Crippen LogP contribution in [-0.2, 0) is 9.53 Å². The number of nitrogens with zero attached hydrogens (tertiary/aromatic N) is 1. The molecule has 2 aromatic carbocycles. The van der Waals surface area contributed by atoms with Gasteiger partial charge < -0.3 is 10.1 Å². The first kappa shape index (κ1) is 19.3. The van der Waals surface area contributed by atoms with Crippen LogP contribution in [0.3, 0.4) is 0 Å². The lowest BCUT2D eigenvalue weighted by molar-refractivity contribution is -0.116. The molecule has 144 valence electrons. The van der Waals surface area contributed by atoms with Crippen LogP contribution in [0.25, 0.3) is 0 Å². The normalized spacial score (nSPS) is 12.7. The number of aryl methyl sites for hydroxylation is 1. The number of hydrogen-bond donors (Lipinski definition) is 1. The van der Waals surface area contributed by atoms with Crippen molar-refractivity contribution >= 4 is 29.4 Å². The number of esters is 1. The number of ether oxygens (including phenoxy) is 1. The van der Waals surface area contributed by atoms with Gasteiger partial charge in [-0.3, -0.25) is 19.3 Å². The van der Waals surface area contributed by atoms with E-state index in [0.717, 1.165) is 4.90 Å². The number of amides is 3. The van der Waals surface area contributed by atoms with Crippen LogP contribution in [0.2, 0.25) is 0 Å². The molecule has 0 aromatic heterocycles. The minimum Gasteiger partial charge on any atom is -0.465 e. The summed E-state index contributed by atoms with van der Waals surface area (Å²) in [7, 11) is 1.28. The van der Waals surface area contributed by atoms with Crippen LogP contribution >= 0.6 is 0 Å². The molecule has 0 aliphatic carbocycles. The molecule has 1 aliphatic heterocycles. The zero-order valence-electron chi connectivity index (χ0n) is 15.7. The molecule has 0 unspecified atom stereocenters. The van der Waals surface area contributed by atoms with Gasteiger partial charge in [-0.2, -0.15) is 0 Å². The van der Waals surface area contributed by atoms with Gasteiger partial charge in [-0.1, -0.05) is 24.3 Å². The van der Waals surface area contributed by atoms with Crippen molar-refractivity contribution in [1.29, 1.82) is 0 Å². The van der Waals surface area contributed by atoms with E-state index in [2.05, 4.69) is 5.32 Å². The standard InChI is InChI=1S/C21H20N2O5/c1-13-7-5-10-16(18(13)21(27)28-2)22-17(24)11-6-12-23-19(25)14-8-3-4-9-15(14)20(23)26/h3-5,7-10H,6,11-12H2,1-2H3,(H,22,24). The Morgan fingerprint density at radius 2 is 1.64 bits per heavy atom. The Morgan fingerprint density at radius 1 is 1.00 bits per heavy atom. The van der Waals surface area contributed by atoms with Gasteiger partial charge in [0.15, 0.2) is 0 Å². The molecule has 0 saturated heterocycles. The highest BCUT2D eigenvalue weighted by atomic mass is 16.5. The summed E-state index contributed by atoms with van der Waals surface area (Å²) in [6.07, 6.45) is 0.415. The van der Waals surface area contributed by atoms with Crippen molar-refractivity contribution in [2.45, 2.75) is 19.8 Å². The first-order valence-electron chi connectivity index (χ1n) is 8.87. The van der Waals surface area contributed by atoms with E-state index < -0.39 is 5.97 Å². The van der Waals surface area contributed by atoms with Crippen molar-refractivity contribution in [1.82, 2.24) is 4.90 Å². The average Bonchev–Trinajstić information content (AvgIpc) is 2.93. The Balaban J connectivity index is 1.60. The number of methoxy groups -OCH3 is 1. The Morgan fingerprint density at radius 3 is 2.25 bits per heavy atom. The number of benzene rings is 2. The van der Waals surface area contributed by atoms with Crippen molar-refractivity contribution < 1.29 is 23.9 Å². The molecule has 3 amide bonds. The lowest BCUT2D eigenvalue weighted by Gasteiger charge is -2.14. The smallest absolute Gasteiger partial charge is 0.340 e. The van der Waals surface area contributed by atoms with E-state index in [9.17, 15) is 19.2 Å². The number of nitrogens with one attached hydrogen (secondary N) is 1. The number of imide groups is 1. The first-order valence-corrected chi connectivity index (χ1v) is 8.87. The molecule has 0 saturated carbocycles. The largest absolute Gasteiger partial charge is 0.465 e. The predicted octanol–water partition coefficient (Wildman–Crippen LogP) is 2.80. The van der Waals surface area contributed by atoms with Crippen molar-refractivity contribution in [3.8, 4) is 0 Å². The average molecular weight is 380 g/mol. The molecule has 1 heterocycles. The summed E-state index contributed by atoms with van der Waals surface area (Å²) < 4.78 is 4.77. The molecule has 0 spiro atoms. The van der Waals surface area contributed by atoms with Gasteiger partial charge in [-0.05, 0) is 37.1 Å². The van der Waals surface area contributed by atoms with Crippen molar-refractivity contribution in [3.05, 3.63) is 64.7 Å². The number of rotatable bonds is 6. The summed E-state index contributed by atoms with van der Waals surface area (Å²) in [6.45, 7) is 1.90. The molecular formula is C21H20N2O5. The van der Waals surface area contributed by atoms with Crippen molar-refractivity contribution in [2.75, 3.05) is 19.0 Å². The zero-order chi connectivity index (χ0) is 20.3. The van der Waals surface area contributed by atoms with Gasteiger partial charge in [0.1, 0.15) is 0 Å². The fraction of sp³-hybridized carbons (Fsp3) is 0.238. The number of fused-ring (bicyclic) bond motifs is 1. The van der Waals surface area contributed by atoms with Crippen LogP contribution in [0, 0.1) is 6.92 Å². The number of hydrogen-bond acceptors (Lipinski definition) is 5. The zero-order valence-corrected chi connectivity index (χ0v) is 15.7. The fourth-order valence-corrected chi connectivity index (χ4v) is 3.20. The third kappa shape index (κ3) is 3.64. The van der Waals surface area contributed by atoms with E-state index in [-0.39, 0.29) is 30.7 Å². The predicted molar refractivity (Wildman–Crippen MR) is 102 cm³/mol. The highest BCUT2D eigenvalue weighted by Gasteiger charge is 2.34. The Kier molecular flexibility index (Phi) is 5.54. The maximum absolute atomic E-state index is 12.3. The molecular weight excluding hydrogens is 360 g/mol. The molecule has 0 atom stereocenters. The van der Waals surface area contributed by atoms with Gasteiger partial charge in [-0.15, -0.1) is 0 Å². The molecule has 28 heavy (non-hydrogen) atoms. The molecule has 7 heteroatoms. The van der Waals surface area contributed by atoms with E-state index in [0.29, 0.717) is 34.4 Å². The SMILES string of the molecule is COC(=O)c1c(C)cccc1NC(=O)CCCN1C(=O)c2ccccc2C1=O. The minimum atomic E-state index is -0.528. The van der Waals surface area contributed by atoms with Crippen LogP contribution in [0.5, 0.6) is 0 Å². The van der Waals surface area contributed by atoms with Crippen LogP contribution in [0.4, 0.5) is 5.69 Å². The van der Waals surface area contributed by atoms with Gasteiger partial charge in [0.05, 0.1) is 29.5 Å². The van der Waals surface area contributed by atoms with Crippen molar-refractivity contribution in [2.24, 2.45) is 0 Å². The third-order valence-corrected chi connectivity index (χ3v) is 4.60. The van der Waals surface area contributed by atoms with Crippen LogP contribution < -0.4 is 5.32 Å². The van der Waals surface area contributed by atoms with E-state index in [1.165, 1.54) is 7.11 Å². The summed E-state index contributed by atoms with van der Waals surface area (Å²) in [5.74, 6) is -1.52.